The summed E-state index contributed by atoms with van der Waals surface area (Å²) >= 11 is 0. The summed E-state index contributed by atoms with van der Waals surface area (Å²) in [7, 11) is 0. The lowest BCUT2D eigenvalue weighted by Crippen LogP contribution is -2.28. The van der Waals surface area contributed by atoms with Gasteiger partial charge in [0, 0.05) is 12.1 Å². The summed E-state index contributed by atoms with van der Waals surface area (Å²) < 4.78 is 0. The molecule has 0 saturated carbocycles. The zero-order valence-electron chi connectivity index (χ0n) is 11.7. The Kier molecular flexibility index (Phi) is 5.40. The van der Waals surface area contributed by atoms with Gasteiger partial charge in [0.25, 0.3) is 0 Å². The molecule has 1 saturated heterocycles. The predicted octanol–water partition coefficient (Wildman–Crippen LogP) is 2.97. The Bertz CT molecular complexity index is 411. The van der Waals surface area contributed by atoms with Gasteiger partial charge in [0.05, 0.1) is 0 Å². The van der Waals surface area contributed by atoms with E-state index in [1.54, 1.807) is 0 Å². The smallest absolute Gasteiger partial charge is 0.224 e. The highest BCUT2D eigenvalue weighted by atomic mass is 16.1. The van der Waals surface area contributed by atoms with E-state index >= 15 is 0 Å². The molecule has 1 aromatic rings. The minimum atomic E-state index is 0.152. The monoisotopic (exact) mass is 260 g/mol. The highest BCUT2D eigenvalue weighted by Crippen LogP contribution is 2.19. The zero-order chi connectivity index (χ0) is 13.5. The number of carbonyl (C=O) groups is 1. The molecule has 0 aliphatic carbocycles. The fraction of sp³-hybridized carbons (Fsp3) is 0.562. The van der Waals surface area contributed by atoms with Crippen LogP contribution in [0.2, 0.25) is 0 Å². The van der Waals surface area contributed by atoms with Crippen molar-refractivity contribution in [3.8, 4) is 0 Å². The SMILES string of the molecule is CCc1ccccc1NC(=O)CCC1CCNCC1. The Hall–Kier alpha value is -1.35. The van der Waals surface area contributed by atoms with Gasteiger partial charge in [0.15, 0.2) is 0 Å². The maximum Gasteiger partial charge on any atom is 0.224 e. The average molecular weight is 260 g/mol. The van der Waals surface area contributed by atoms with Crippen LogP contribution in [0, 0.1) is 5.92 Å². The van der Waals surface area contributed by atoms with E-state index in [1.165, 1.54) is 18.4 Å². The first-order chi connectivity index (χ1) is 9.29. The molecule has 0 spiro atoms. The van der Waals surface area contributed by atoms with Crippen LogP contribution in [-0.2, 0) is 11.2 Å². The summed E-state index contributed by atoms with van der Waals surface area (Å²) in [5.41, 5.74) is 2.18. The largest absolute Gasteiger partial charge is 0.326 e. The third-order valence-corrected chi connectivity index (χ3v) is 3.91. The van der Waals surface area contributed by atoms with Crippen LogP contribution in [-0.4, -0.2) is 19.0 Å². The molecular weight excluding hydrogens is 236 g/mol. The number of aryl methyl sites for hydroxylation is 1. The van der Waals surface area contributed by atoms with Crippen LogP contribution in [0.25, 0.3) is 0 Å². The predicted molar refractivity (Wildman–Crippen MR) is 79.3 cm³/mol. The Morgan fingerprint density at radius 3 is 2.79 bits per heavy atom. The lowest BCUT2D eigenvalue weighted by atomic mass is 9.93. The van der Waals surface area contributed by atoms with Crippen molar-refractivity contribution in [1.82, 2.24) is 5.32 Å². The van der Waals surface area contributed by atoms with E-state index in [9.17, 15) is 4.79 Å². The zero-order valence-corrected chi connectivity index (χ0v) is 11.7. The number of anilines is 1. The van der Waals surface area contributed by atoms with Crippen molar-refractivity contribution >= 4 is 11.6 Å². The summed E-state index contributed by atoms with van der Waals surface area (Å²) in [5, 5.41) is 6.40. The molecule has 0 unspecified atom stereocenters. The van der Waals surface area contributed by atoms with Gasteiger partial charge in [-0.3, -0.25) is 4.79 Å². The third kappa shape index (κ3) is 4.35. The summed E-state index contributed by atoms with van der Waals surface area (Å²) in [5.74, 6) is 0.868. The van der Waals surface area contributed by atoms with Gasteiger partial charge >= 0.3 is 0 Å². The first kappa shape index (κ1) is 14.1. The highest BCUT2D eigenvalue weighted by Gasteiger charge is 2.14. The molecule has 0 atom stereocenters. The molecule has 1 amide bonds. The van der Waals surface area contributed by atoms with Gasteiger partial charge < -0.3 is 10.6 Å². The summed E-state index contributed by atoms with van der Waals surface area (Å²) in [6.45, 7) is 4.32. The van der Waals surface area contributed by atoms with Gasteiger partial charge in [0.1, 0.15) is 0 Å². The number of piperidine rings is 1. The standard InChI is InChI=1S/C16H24N2O/c1-2-14-5-3-4-6-15(14)18-16(19)8-7-13-9-11-17-12-10-13/h3-6,13,17H,2,7-12H2,1H3,(H,18,19). The number of benzene rings is 1. The molecule has 19 heavy (non-hydrogen) atoms. The van der Waals surface area contributed by atoms with Gasteiger partial charge in [-0.05, 0) is 56.3 Å². The Labute approximate surface area is 115 Å². The van der Waals surface area contributed by atoms with Crippen LogP contribution >= 0.6 is 0 Å². The molecular formula is C16H24N2O. The van der Waals surface area contributed by atoms with E-state index in [0.29, 0.717) is 12.3 Å². The minimum absolute atomic E-state index is 0.152. The topological polar surface area (TPSA) is 41.1 Å². The van der Waals surface area contributed by atoms with Gasteiger partial charge in [-0.1, -0.05) is 25.1 Å². The van der Waals surface area contributed by atoms with Gasteiger partial charge in [-0.25, -0.2) is 0 Å². The number of rotatable bonds is 5. The molecule has 0 radical (unpaired) electrons. The Morgan fingerprint density at radius 2 is 2.05 bits per heavy atom. The molecule has 2 N–H and O–H groups in total. The summed E-state index contributed by atoms with van der Waals surface area (Å²) in [6.07, 6.45) is 5.02. The van der Waals surface area contributed by atoms with E-state index in [0.717, 1.165) is 31.6 Å². The molecule has 0 aromatic heterocycles. The number of hydrogen-bond donors (Lipinski definition) is 2. The van der Waals surface area contributed by atoms with Crippen LogP contribution in [0.1, 0.15) is 38.2 Å². The fourth-order valence-electron chi connectivity index (χ4n) is 2.67. The van der Waals surface area contributed by atoms with E-state index in [4.69, 9.17) is 0 Å². The maximum atomic E-state index is 12.0. The quantitative estimate of drug-likeness (QED) is 0.854. The number of amides is 1. The van der Waals surface area contributed by atoms with Crippen LogP contribution in [0.5, 0.6) is 0 Å². The van der Waals surface area contributed by atoms with E-state index in [1.807, 2.05) is 18.2 Å². The van der Waals surface area contributed by atoms with Crippen LogP contribution in [0.3, 0.4) is 0 Å². The van der Waals surface area contributed by atoms with Crippen molar-refractivity contribution in [2.75, 3.05) is 18.4 Å². The number of carbonyl (C=O) groups excluding carboxylic acids is 1. The van der Waals surface area contributed by atoms with Crippen molar-refractivity contribution in [3.63, 3.8) is 0 Å². The van der Waals surface area contributed by atoms with Crippen molar-refractivity contribution in [2.24, 2.45) is 5.92 Å². The average Bonchev–Trinajstić information content (AvgIpc) is 2.47. The second-order valence-electron chi connectivity index (χ2n) is 5.29. The molecule has 0 bridgehead atoms. The Morgan fingerprint density at radius 1 is 1.32 bits per heavy atom. The third-order valence-electron chi connectivity index (χ3n) is 3.91. The first-order valence-corrected chi connectivity index (χ1v) is 7.38. The number of para-hydroxylation sites is 1. The molecule has 2 rings (SSSR count). The molecule has 1 aliphatic rings. The van der Waals surface area contributed by atoms with Crippen molar-refractivity contribution < 1.29 is 4.79 Å². The van der Waals surface area contributed by atoms with Crippen molar-refractivity contribution in [1.29, 1.82) is 0 Å². The number of hydrogen-bond acceptors (Lipinski definition) is 2. The second kappa shape index (κ2) is 7.29. The van der Waals surface area contributed by atoms with Crippen LogP contribution in [0.4, 0.5) is 5.69 Å². The lowest BCUT2D eigenvalue weighted by Gasteiger charge is -2.22. The normalized spacial score (nSPS) is 16.3. The van der Waals surface area contributed by atoms with Crippen molar-refractivity contribution in [2.45, 2.75) is 39.0 Å². The molecule has 1 aliphatic heterocycles. The molecule has 104 valence electrons. The van der Waals surface area contributed by atoms with Crippen LogP contribution < -0.4 is 10.6 Å². The number of nitrogens with one attached hydrogen (secondary N) is 2. The van der Waals surface area contributed by atoms with Crippen molar-refractivity contribution in [3.05, 3.63) is 29.8 Å². The Balaban J connectivity index is 1.80. The summed E-state index contributed by atoms with van der Waals surface area (Å²) in [6, 6.07) is 8.05. The molecule has 1 heterocycles. The van der Waals surface area contributed by atoms with Gasteiger partial charge in [-0.2, -0.15) is 0 Å². The molecule has 1 fully saturated rings. The van der Waals surface area contributed by atoms with E-state index in [2.05, 4.69) is 23.6 Å². The van der Waals surface area contributed by atoms with E-state index < -0.39 is 0 Å². The van der Waals surface area contributed by atoms with Gasteiger partial charge in [-0.15, -0.1) is 0 Å². The maximum absolute atomic E-state index is 12.0. The summed E-state index contributed by atoms with van der Waals surface area (Å²) in [4.78, 5) is 12.0. The first-order valence-electron chi connectivity index (χ1n) is 7.38. The molecule has 3 heteroatoms. The van der Waals surface area contributed by atoms with Crippen LogP contribution in [0.15, 0.2) is 24.3 Å². The lowest BCUT2D eigenvalue weighted by molar-refractivity contribution is -0.116. The van der Waals surface area contributed by atoms with Gasteiger partial charge in [0.2, 0.25) is 5.91 Å². The fourth-order valence-corrected chi connectivity index (χ4v) is 2.67. The van der Waals surface area contributed by atoms with E-state index in [-0.39, 0.29) is 5.91 Å². The molecule has 3 nitrogen and oxygen atoms in total. The second-order valence-corrected chi connectivity index (χ2v) is 5.29. The minimum Gasteiger partial charge on any atom is -0.326 e. The molecule has 1 aromatic carbocycles. The highest BCUT2D eigenvalue weighted by molar-refractivity contribution is 5.91.